The fourth-order valence-corrected chi connectivity index (χ4v) is 3.48. The first-order valence-electron chi connectivity index (χ1n) is 8.17. The predicted octanol–water partition coefficient (Wildman–Crippen LogP) is 2.25. The molecule has 3 N–H and O–H groups in total. The molecule has 2 aromatic heterocycles. The lowest BCUT2D eigenvalue weighted by molar-refractivity contribution is 0.608. The minimum absolute atomic E-state index is 0.510. The summed E-state index contributed by atoms with van der Waals surface area (Å²) in [7, 11) is 0.795. The zero-order valence-corrected chi connectivity index (χ0v) is 15.3. The summed E-state index contributed by atoms with van der Waals surface area (Å²) >= 11 is 0. The molecule has 0 bridgehead atoms. The third-order valence-corrected chi connectivity index (χ3v) is 5.25. The van der Waals surface area contributed by atoms with E-state index in [0.29, 0.717) is 11.6 Å². The normalized spacial score (nSPS) is 12.9. The van der Waals surface area contributed by atoms with Crippen molar-refractivity contribution in [3.63, 3.8) is 0 Å². The molecule has 2 rings (SSSR count). The van der Waals surface area contributed by atoms with Crippen molar-refractivity contribution < 1.29 is 4.21 Å². The van der Waals surface area contributed by atoms with Gasteiger partial charge in [-0.15, -0.1) is 0 Å². The number of imidazole rings is 1. The lowest BCUT2D eigenvalue weighted by Crippen LogP contribution is -2.14. The van der Waals surface area contributed by atoms with E-state index in [1.165, 1.54) is 0 Å². The molecule has 0 amide bonds. The minimum Gasteiger partial charge on any atom is -0.382 e. The maximum atomic E-state index is 11.5. The Hall–Kier alpha value is -1.47. The van der Waals surface area contributed by atoms with Gasteiger partial charge in [-0.2, -0.15) is 0 Å². The van der Waals surface area contributed by atoms with Crippen LogP contribution in [0.2, 0.25) is 0 Å². The van der Waals surface area contributed by atoms with E-state index < -0.39 is 11.0 Å². The Labute approximate surface area is 140 Å². The zero-order chi connectivity index (χ0) is 17.0. The van der Waals surface area contributed by atoms with Crippen LogP contribution < -0.4 is 10.5 Å². The SMILES string of the molecule is CCCc1nc2c(N)nc(C)c(C)c2n1CCCCS(=O)NC. The molecule has 0 aliphatic carbocycles. The fraction of sp³-hybridized carbons (Fsp3) is 0.625. The van der Waals surface area contributed by atoms with Crippen LogP contribution in [0.25, 0.3) is 11.0 Å². The molecular weight excluding hydrogens is 310 g/mol. The summed E-state index contributed by atoms with van der Waals surface area (Å²) in [6.07, 6.45) is 3.85. The largest absolute Gasteiger partial charge is 0.382 e. The number of fused-ring (bicyclic) bond motifs is 1. The van der Waals surface area contributed by atoms with E-state index in [1.807, 2.05) is 6.92 Å². The highest BCUT2D eigenvalue weighted by molar-refractivity contribution is 7.82. The Morgan fingerprint density at radius 1 is 1.26 bits per heavy atom. The third kappa shape index (κ3) is 3.90. The highest BCUT2D eigenvalue weighted by atomic mass is 32.2. The summed E-state index contributed by atoms with van der Waals surface area (Å²) in [5.74, 6) is 2.25. The van der Waals surface area contributed by atoms with Crippen LogP contribution in [0.4, 0.5) is 5.82 Å². The first kappa shape index (κ1) is 17.9. The van der Waals surface area contributed by atoms with E-state index in [9.17, 15) is 4.21 Å². The number of hydrogen-bond acceptors (Lipinski definition) is 4. The van der Waals surface area contributed by atoms with Crippen LogP contribution in [0.15, 0.2) is 0 Å². The molecule has 7 heteroatoms. The molecule has 0 aromatic carbocycles. The highest BCUT2D eigenvalue weighted by Gasteiger charge is 2.16. The summed E-state index contributed by atoms with van der Waals surface area (Å²) in [6, 6.07) is 0. The van der Waals surface area contributed by atoms with Gasteiger partial charge in [0.05, 0.1) is 16.5 Å². The standard InChI is InChI=1S/C16H27N5OS/c1-5-8-13-20-14-15(11(2)12(3)19-16(14)17)21(13)9-6-7-10-23(22)18-4/h18H,5-10H2,1-4H3,(H2,17,19). The monoisotopic (exact) mass is 337 g/mol. The third-order valence-electron chi connectivity index (χ3n) is 4.14. The second-order valence-corrected chi connectivity index (χ2v) is 7.30. The van der Waals surface area contributed by atoms with Crippen LogP contribution in [0.5, 0.6) is 0 Å². The second kappa shape index (κ2) is 7.88. The van der Waals surface area contributed by atoms with Gasteiger partial charge in [-0.05, 0) is 45.7 Å². The number of unbranched alkanes of at least 4 members (excludes halogenated alkanes) is 1. The number of hydrogen-bond donors (Lipinski definition) is 2. The molecule has 2 heterocycles. The number of nitrogens with one attached hydrogen (secondary N) is 1. The van der Waals surface area contributed by atoms with Gasteiger partial charge >= 0.3 is 0 Å². The van der Waals surface area contributed by atoms with Gasteiger partial charge in [-0.1, -0.05) is 6.92 Å². The van der Waals surface area contributed by atoms with Crippen molar-refractivity contribution in [1.82, 2.24) is 19.3 Å². The van der Waals surface area contributed by atoms with E-state index in [1.54, 1.807) is 7.05 Å². The molecule has 128 valence electrons. The second-order valence-electron chi connectivity index (χ2n) is 5.80. The molecule has 0 spiro atoms. The first-order valence-corrected chi connectivity index (χ1v) is 9.49. The summed E-state index contributed by atoms with van der Waals surface area (Å²) in [5.41, 5.74) is 10.1. The Morgan fingerprint density at radius 3 is 2.65 bits per heavy atom. The van der Waals surface area contributed by atoms with Crippen LogP contribution >= 0.6 is 0 Å². The Morgan fingerprint density at radius 2 is 2.00 bits per heavy atom. The molecule has 6 nitrogen and oxygen atoms in total. The van der Waals surface area contributed by atoms with Crippen molar-refractivity contribution >= 4 is 27.8 Å². The Balaban J connectivity index is 2.31. The Kier molecular flexibility index (Phi) is 6.12. The number of aromatic nitrogens is 3. The quantitative estimate of drug-likeness (QED) is 0.723. The van der Waals surface area contributed by atoms with Crippen molar-refractivity contribution in [2.75, 3.05) is 18.5 Å². The van der Waals surface area contributed by atoms with Gasteiger partial charge in [-0.25, -0.2) is 18.9 Å². The van der Waals surface area contributed by atoms with Crippen molar-refractivity contribution in [2.24, 2.45) is 0 Å². The summed E-state index contributed by atoms with van der Waals surface area (Å²) in [5, 5.41) is 0. The van der Waals surface area contributed by atoms with Crippen molar-refractivity contribution in [2.45, 2.75) is 53.0 Å². The predicted molar refractivity (Wildman–Crippen MR) is 96.7 cm³/mol. The van der Waals surface area contributed by atoms with Gasteiger partial charge in [0.15, 0.2) is 5.82 Å². The molecule has 0 aliphatic rings. The van der Waals surface area contributed by atoms with Gasteiger partial charge < -0.3 is 10.3 Å². The van der Waals surface area contributed by atoms with Crippen LogP contribution in [-0.4, -0.2) is 31.5 Å². The molecule has 0 fully saturated rings. The molecule has 2 aromatic rings. The summed E-state index contributed by atoms with van der Waals surface area (Å²) < 4.78 is 16.5. The number of anilines is 1. The Bertz CT molecular complexity index is 710. The fourth-order valence-electron chi connectivity index (χ4n) is 2.81. The molecular formula is C16H27N5OS. The van der Waals surface area contributed by atoms with Crippen LogP contribution in [0.3, 0.4) is 0 Å². The van der Waals surface area contributed by atoms with Crippen molar-refractivity contribution in [3.05, 3.63) is 17.1 Å². The van der Waals surface area contributed by atoms with E-state index in [4.69, 9.17) is 10.7 Å². The smallest absolute Gasteiger partial charge is 0.151 e. The van der Waals surface area contributed by atoms with Crippen molar-refractivity contribution in [3.8, 4) is 0 Å². The van der Waals surface area contributed by atoms with Gasteiger partial charge in [-0.3, -0.25) is 0 Å². The van der Waals surface area contributed by atoms with Crippen molar-refractivity contribution in [1.29, 1.82) is 0 Å². The van der Waals surface area contributed by atoms with Gasteiger partial charge in [0.25, 0.3) is 0 Å². The average Bonchev–Trinajstić information content (AvgIpc) is 2.88. The molecule has 0 saturated heterocycles. The summed E-state index contributed by atoms with van der Waals surface area (Å²) in [6.45, 7) is 7.09. The topological polar surface area (TPSA) is 85.8 Å². The average molecular weight is 337 g/mol. The molecule has 0 aliphatic heterocycles. The van der Waals surface area contributed by atoms with Crippen LogP contribution in [-0.2, 0) is 24.0 Å². The lowest BCUT2D eigenvalue weighted by Gasteiger charge is -2.11. The van der Waals surface area contributed by atoms with E-state index in [0.717, 1.165) is 60.3 Å². The highest BCUT2D eigenvalue weighted by Crippen LogP contribution is 2.27. The minimum atomic E-state index is -0.928. The molecule has 23 heavy (non-hydrogen) atoms. The molecule has 0 saturated carbocycles. The maximum Gasteiger partial charge on any atom is 0.151 e. The molecule has 1 unspecified atom stereocenters. The van der Waals surface area contributed by atoms with E-state index in [-0.39, 0.29) is 0 Å². The molecule has 0 radical (unpaired) electrons. The number of nitrogens with zero attached hydrogens (tertiary/aromatic N) is 3. The van der Waals surface area contributed by atoms with E-state index >= 15 is 0 Å². The number of rotatable bonds is 8. The molecule has 1 atom stereocenters. The van der Waals surface area contributed by atoms with Crippen LogP contribution in [0.1, 0.15) is 43.3 Å². The van der Waals surface area contributed by atoms with E-state index in [2.05, 4.69) is 28.1 Å². The van der Waals surface area contributed by atoms with Gasteiger partial charge in [0.1, 0.15) is 11.3 Å². The number of nitrogens with two attached hydrogens (primary N) is 1. The first-order chi connectivity index (χ1) is 11.0. The zero-order valence-electron chi connectivity index (χ0n) is 14.5. The number of pyridine rings is 1. The van der Waals surface area contributed by atoms with Gasteiger partial charge in [0, 0.05) is 24.4 Å². The van der Waals surface area contributed by atoms with Gasteiger partial charge in [0.2, 0.25) is 0 Å². The summed E-state index contributed by atoms with van der Waals surface area (Å²) in [4.78, 5) is 9.14. The lowest BCUT2D eigenvalue weighted by atomic mass is 10.2. The van der Waals surface area contributed by atoms with Crippen LogP contribution in [0, 0.1) is 13.8 Å². The number of nitrogen functional groups attached to an aromatic ring is 1. The maximum absolute atomic E-state index is 11.5. The number of aryl methyl sites for hydroxylation is 4.